The Morgan fingerprint density at radius 3 is 2.47 bits per heavy atom. The lowest BCUT2D eigenvalue weighted by molar-refractivity contribution is -0.139. The summed E-state index contributed by atoms with van der Waals surface area (Å²) in [5.74, 6) is -3.15. The molecule has 4 amide bonds. The third-order valence-corrected chi connectivity index (χ3v) is 5.14. The summed E-state index contributed by atoms with van der Waals surface area (Å²) in [6.45, 7) is 3.19. The van der Waals surface area contributed by atoms with E-state index in [0.717, 1.165) is 12.1 Å². The maximum Gasteiger partial charge on any atom is 0.344 e. The minimum absolute atomic E-state index is 0.248. The van der Waals surface area contributed by atoms with Crippen LogP contribution in [0.2, 0.25) is 0 Å². The van der Waals surface area contributed by atoms with Crippen LogP contribution in [0.15, 0.2) is 48.5 Å². The van der Waals surface area contributed by atoms with E-state index in [9.17, 15) is 23.2 Å². The molecule has 30 heavy (non-hydrogen) atoms. The third-order valence-electron chi connectivity index (χ3n) is 5.14. The summed E-state index contributed by atoms with van der Waals surface area (Å²) in [6.07, 6.45) is 0.305. The molecule has 0 saturated carbocycles. The molecule has 1 aliphatic heterocycles. The maximum atomic E-state index is 13.4. The van der Waals surface area contributed by atoms with Crippen molar-refractivity contribution in [1.82, 2.24) is 21.1 Å². The zero-order chi connectivity index (χ0) is 21.9. The molecule has 3 rings (SSSR count). The molecular weight excluding hydrogens is 394 g/mol. The van der Waals surface area contributed by atoms with Gasteiger partial charge in [-0.25, -0.2) is 13.6 Å². The van der Waals surface area contributed by atoms with E-state index in [1.54, 1.807) is 44.2 Å². The molecule has 2 aromatic carbocycles. The zero-order valence-electron chi connectivity index (χ0n) is 16.5. The Balaban J connectivity index is 1.64. The first-order valence-electron chi connectivity index (χ1n) is 9.48. The summed E-state index contributed by atoms with van der Waals surface area (Å²) in [5, 5.41) is 6.18. The Morgan fingerprint density at radius 1 is 1.13 bits per heavy atom. The number of hydrogen-bond donors (Lipinski definition) is 3. The highest BCUT2D eigenvalue weighted by molar-refractivity contribution is 6.08. The van der Waals surface area contributed by atoms with Crippen molar-refractivity contribution in [2.24, 2.45) is 0 Å². The molecule has 2 atom stereocenters. The van der Waals surface area contributed by atoms with E-state index in [4.69, 9.17) is 0 Å². The minimum atomic E-state index is -1.25. The van der Waals surface area contributed by atoms with E-state index >= 15 is 0 Å². The van der Waals surface area contributed by atoms with Gasteiger partial charge in [-0.3, -0.25) is 15.0 Å². The molecule has 1 fully saturated rings. The third kappa shape index (κ3) is 4.02. The molecule has 2 aromatic rings. The van der Waals surface area contributed by atoms with Crippen LogP contribution in [-0.2, 0) is 15.1 Å². The van der Waals surface area contributed by atoms with Gasteiger partial charge in [0.15, 0.2) is 11.6 Å². The van der Waals surface area contributed by atoms with Crippen molar-refractivity contribution in [3.05, 3.63) is 71.3 Å². The van der Waals surface area contributed by atoms with Gasteiger partial charge in [0.2, 0.25) is 0 Å². The van der Waals surface area contributed by atoms with Crippen LogP contribution in [0, 0.1) is 11.6 Å². The minimum Gasteiger partial charge on any atom is -0.318 e. The summed E-state index contributed by atoms with van der Waals surface area (Å²) in [7, 11) is 0. The van der Waals surface area contributed by atoms with Gasteiger partial charge in [-0.1, -0.05) is 43.3 Å². The van der Waals surface area contributed by atoms with Crippen molar-refractivity contribution in [2.75, 3.05) is 6.54 Å². The number of amides is 4. The topological polar surface area (TPSA) is 90.5 Å². The van der Waals surface area contributed by atoms with Crippen molar-refractivity contribution in [3.63, 3.8) is 0 Å². The van der Waals surface area contributed by atoms with E-state index in [-0.39, 0.29) is 6.54 Å². The molecule has 3 N–H and O–H groups in total. The monoisotopic (exact) mass is 416 g/mol. The van der Waals surface area contributed by atoms with Crippen LogP contribution in [0.25, 0.3) is 0 Å². The van der Waals surface area contributed by atoms with Gasteiger partial charge in [-0.2, -0.15) is 5.01 Å². The number of imide groups is 1. The van der Waals surface area contributed by atoms with Crippen LogP contribution in [0.3, 0.4) is 0 Å². The number of halogens is 2. The maximum absolute atomic E-state index is 13.4. The fourth-order valence-electron chi connectivity index (χ4n) is 3.35. The number of hydrazine groups is 1. The van der Waals surface area contributed by atoms with Gasteiger partial charge < -0.3 is 10.6 Å². The van der Waals surface area contributed by atoms with E-state index in [1.807, 2.05) is 0 Å². The lowest BCUT2D eigenvalue weighted by Gasteiger charge is -2.25. The lowest BCUT2D eigenvalue weighted by Crippen LogP contribution is -2.50. The Hall–Kier alpha value is -3.33. The number of urea groups is 1. The van der Waals surface area contributed by atoms with Crippen molar-refractivity contribution in [2.45, 2.75) is 31.8 Å². The molecule has 0 spiro atoms. The van der Waals surface area contributed by atoms with Gasteiger partial charge in [-0.15, -0.1) is 0 Å². The van der Waals surface area contributed by atoms with Crippen molar-refractivity contribution in [3.8, 4) is 0 Å². The van der Waals surface area contributed by atoms with Gasteiger partial charge in [0, 0.05) is 6.04 Å². The number of benzene rings is 2. The summed E-state index contributed by atoms with van der Waals surface area (Å²) in [5.41, 5.74) is 2.12. The van der Waals surface area contributed by atoms with Gasteiger partial charge in [0.25, 0.3) is 11.8 Å². The molecule has 1 saturated heterocycles. The van der Waals surface area contributed by atoms with Gasteiger partial charge in [-0.05, 0) is 36.6 Å². The number of rotatable bonds is 7. The second-order valence-electron chi connectivity index (χ2n) is 7.01. The molecule has 1 heterocycles. The van der Waals surface area contributed by atoms with Crippen molar-refractivity contribution >= 4 is 17.8 Å². The second-order valence-corrected chi connectivity index (χ2v) is 7.01. The first kappa shape index (κ1) is 21.4. The van der Waals surface area contributed by atoms with Crippen molar-refractivity contribution in [1.29, 1.82) is 0 Å². The Bertz CT molecular complexity index is 970. The SMILES string of the molecule is CC[C@]1(c2ccccc2)NC(=O)N(NC(=O)CN[C@H](C)c2ccc(F)c(F)c2)C1=O. The first-order chi connectivity index (χ1) is 14.3. The number of carbonyl (C=O) groups is 3. The highest BCUT2D eigenvalue weighted by Crippen LogP contribution is 2.31. The second kappa shape index (κ2) is 8.58. The van der Waals surface area contributed by atoms with Crippen LogP contribution < -0.4 is 16.1 Å². The Morgan fingerprint density at radius 2 is 1.83 bits per heavy atom. The molecule has 1 aliphatic rings. The number of carbonyl (C=O) groups excluding carboxylic acids is 3. The van der Waals surface area contributed by atoms with Crippen LogP contribution in [0.4, 0.5) is 13.6 Å². The van der Waals surface area contributed by atoms with Crippen LogP contribution in [0.5, 0.6) is 0 Å². The number of nitrogens with one attached hydrogen (secondary N) is 3. The highest BCUT2D eigenvalue weighted by Gasteiger charge is 2.52. The summed E-state index contributed by atoms with van der Waals surface area (Å²) in [6, 6.07) is 11.0. The quantitative estimate of drug-likeness (QED) is 0.605. The van der Waals surface area contributed by atoms with Gasteiger partial charge >= 0.3 is 6.03 Å². The molecule has 0 radical (unpaired) electrons. The van der Waals surface area contributed by atoms with Crippen LogP contribution in [0.1, 0.15) is 37.4 Å². The van der Waals surface area contributed by atoms with E-state index in [2.05, 4.69) is 16.1 Å². The lowest BCUT2D eigenvalue weighted by atomic mass is 9.87. The number of nitrogens with zero attached hydrogens (tertiary/aromatic N) is 1. The summed E-state index contributed by atoms with van der Waals surface area (Å²) >= 11 is 0. The molecule has 0 unspecified atom stereocenters. The van der Waals surface area contributed by atoms with Crippen LogP contribution in [-0.4, -0.2) is 29.4 Å². The fourth-order valence-corrected chi connectivity index (χ4v) is 3.35. The molecule has 0 aromatic heterocycles. The predicted molar refractivity (Wildman–Crippen MR) is 105 cm³/mol. The molecule has 158 valence electrons. The van der Waals surface area contributed by atoms with Gasteiger partial charge in [0.1, 0.15) is 5.54 Å². The molecule has 7 nitrogen and oxygen atoms in total. The molecule has 9 heteroatoms. The van der Waals surface area contributed by atoms with Crippen molar-refractivity contribution < 1.29 is 23.2 Å². The summed E-state index contributed by atoms with van der Waals surface area (Å²) in [4.78, 5) is 37.6. The molecule has 0 bridgehead atoms. The van der Waals surface area contributed by atoms with Crippen LogP contribution >= 0.6 is 0 Å². The predicted octanol–water partition coefficient (Wildman–Crippen LogP) is 2.50. The zero-order valence-corrected chi connectivity index (χ0v) is 16.5. The molecular formula is C21H22F2N4O3. The standard InChI is InChI=1S/C21H22F2N4O3/c1-3-21(15-7-5-4-6-8-15)19(29)27(20(30)25-21)26-18(28)12-24-13(2)14-9-10-16(22)17(23)11-14/h4-11,13,24H,3,12H2,1-2H3,(H,25,30)(H,26,28)/t13-,21-/m1/s1. The average Bonchev–Trinajstić information content (AvgIpc) is 2.99. The normalized spacial score (nSPS) is 19.5. The number of hydrogen-bond acceptors (Lipinski definition) is 4. The van der Waals surface area contributed by atoms with E-state index < -0.39 is 41.1 Å². The van der Waals surface area contributed by atoms with Gasteiger partial charge in [0.05, 0.1) is 6.54 Å². The fraction of sp³-hybridized carbons (Fsp3) is 0.286. The summed E-state index contributed by atoms with van der Waals surface area (Å²) < 4.78 is 26.4. The average molecular weight is 416 g/mol. The Kier molecular flexibility index (Phi) is 6.12. The highest BCUT2D eigenvalue weighted by atomic mass is 19.2. The molecule has 0 aliphatic carbocycles. The smallest absolute Gasteiger partial charge is 0.318 e. The van der Waals surface area contributed by atoms with E-state index in [1.165, 1.54) is 6.07 Å². The first-order valence-corrected chi connectivity index (χ1v) is 9.48. The largest absolute Gasteiger partial charge is 0.344 e. The Labute approximate surface area is 172 Å². The van der Waals surface area contributed by atoms with E-state index in [0.29, 0.717) is 22.6 Å².